The normalized spacial score (nSPS) is 15.0. The Morgan fingerprint density at radius 1 is 1.14 bits per heavy atom. The highest BCUT2D eigenvalue weighted by atomic mass is 32.1. The molecule has 0 unspecified atom stereocenters. The molecule has 28 heavy (non-hydrogen) atoms. The van der Waals surface area contributed by atoms with Gasteiger partial charge in [0.15, 0.2) is 0 Å². The Hall–Kier alpha value is -2.18. The number of benzene rings is 1. The first kappa shape index (κ1) is 19.2. The van der Waals surface area contributed by atoms with E-state index in [1.165, 1.54) is 25.9 Å². The molecule has 4 rings (SSSR count). The van der Waals surface area contributed by atoms with Crippen molar-refractivity contribution in [1.82, 2.24) is 14.7 Å². The largest absolute Gasteiger partial charge is 0.494 e. The van der Waals surface area contributed by atoms with Crippen LogP contribution in [0.5, 0.6) is 5.75 Å². The molecule has 0 aliphatic carbocycles. The number of thiophene rings is 1. The lowest BCUT2D eigenvalue weighted by atomic mass is 10.1. The summed E-state index contributed by atoms with van der Waals surface area (Å²) in [5.74, 6) is 0.879. The van der Waals surface area contributed by atoms with Crippen molar-refractivity contribution in [2.75, 3.05) is 26.2 Å². The molecule has 1 aromatic carbocycles. The summed E-state index contributed by atoms with van der Waals surface area (Å²) in [6.45, 7) is 8.29. The van der Waals surface area contributed by atoms with Crippen LogP contribution in [0, 0.1) is 0 Å². The zero-order valence-corrected chi connectivity index (χ0v) is 17.4. The van der Waals surface area contributed by atoms with Crippen LogP contribution in [0.1, 0.15) is 39.2 Å². The third kappa shape index (κ3) is 3.98. The Balaban J connectivity index is 1.48. The zero-order chi connectivity index (χ0) is 19.5. The first-order valence-electron chi connectivity index (χ1n) is 10.1. The van der Waals surface area contributed by atoms with Crippen LogP contribution >= 0.6 is 11.3 Å². The first-order valence-corrected chi connectivity index (χ1v) is 11.0. The number of likely N-dealkylation sites (tertiary alicyclic amines) is 1. The maximum Gasteiger partial charge on any atom is 0.275 e. The summed E-state index contributed by atoms with van der Waals surface area (Å²) in [5.41, 5.74) is 1.85. The third-order valence-corrected chi connectivity index (χ3v) is 6.15. The summed E-state index contributed by atoms with van der Waals surface area (Å²) in [6.07, 6.45) is 3.72. The summed E-state index contributed by atoms with van der Waals surface area (Å²) in [5, 5.41) is 7.36. The van der Waals surface area contributed by atoms with Gasteiger partial charge in [0, 0.05) is 12.1 Å². The molecule has 1 aliphatic heterocycles. The molecule has 1 saturated heterocycles. The van der Waals surface area contributed by atoms with Gasteiger partial charge in [0.05, 0.1) is 22.7 Å². The van der Waals surface area contributed by atoms with Gasteiger partial charge in [-0.2, -0.15) is 5.10 Å². The Kier molecular flexibility index (Phi) is 5.78. The summed E-state index contributed by atoms with van der Waals surface area (Å²) < 4.78 is 8.43. The molecule has 3 aromatic rings. The molecule has 0 amide bonds. The number of fused-ring (bicyclic) bond motifs is 1. The average molecular weight is 398 g/mol. The number of nitrogens with zero attached hydrogens (tertiary/aromatic N) is 3. The second kappa shape index (κ2) is 8.45. The van der Waals surface area contributed by atoms with Crippen LogP contribution in [0.2, 0.25) is 0 Å². The minimum absolute atomic E-state index is 0.0204. The van der Waals surface area contributed by atoms with Crippen LogP contribution < -0.4 is 10.3 Å². The van der Waals surface area contributed by atoms with E-state index in [1.54, 1.807) is 16.0 Å². The van der Waals surface area contributed by atoms with Gasteiger partial charge in [0.25, 0.3) is 5.56 Å². The van der Waals surface area contributed by atoms with Crippen molar-refractivity contribution in [3.05, 3.63) is 46.1 Å². The quantitative estimate of drug-likeness (QED) is 0.548. The lowest BCUT2D eigenvalue weighted by Crippen LogP contribution is -2.24. The van der Waals surface area contributed by atoms with Crippen LogP contribution in [0.25, 0.3) is 21.3 Å². The van der Waals surface area contributed by atoms with Gasteiger partial charge < -0.3 is 9.64 Å². The molecule has 0 atom stereocenters. The zero-order valence-electron chi connectivity index (χ0n) is 16.6. The van der Waals surface area contributed by atoms with Crippen molar-refractivity contribution < 1.29 is 4.74 Å². The standard InChI is InChI=1S/C22H27N3O2S/c1-16(2)25-22(26)19-10-15-28-21(19)20(23-25)17-6-8-18(9-7-17)27-14-5-13-24-11-3-4-12-24/h6-10,15-16H,3-5,11-14H2,1-2H3. The Morgan fingerprint density at radius 2 is 1.89 bits per heavy atom. The van der Waals surface area contributed by atoms with Gasteiger partial charge in [0.2, 0.25) is 0 Å². The first-order chi connectivity index (χ1) is 13.6. The fourth-order valence-corrected chi connectivity index (χ4v) is 4.61. The smallest absolute Gasteiger partial charge is 0.275 e. The van der Waals surface area contributed by atoms with E-state index in [2.05, 4.69) is 10.00 Å². The van der Waals surface area contributed by atoms with Crippen molar-refractivity contribution in [1.29, 1.82) is 0 Å². The predicted molar refractivity (Wildman–Crippen MR) is 115 cm³/mol. The minimum Gasteiger partial charge on any atom is -0.494 e. The molecule has 3 heterocycles. The van der Waals surface area contributed by atoms with Gasteiger partial charge in [-0.3, -0.25) is 4.79 Å². The molecular formula is C22H27N3O2S. The fourth-order valence-electron chi connectivity index (χ4n) is 3.72. The second-order valence-electron chi connectivity index (χ2n) is 7.63. The SMILES string of the molecule is CC(C)n1nc(-c2ccc(OCCCN3CCCC3)cc2)c2sccc2c1=O. The van der Waals surface area contributed by atoms with Crippen molar-refractivity contribution >= 4 is 21.4 Å². The maximum atomic E-state index is 12.6. The fraction of sp³-hybridized carbons (Fsp3) is 0.455. The molecule has 1 aliphatic rings. The van der Waals surface area contributed by atoms with E-state index >= 15 is 0 Å². The Morgan fingerprint density at radius 3 is 2.61 bits per heavy atom. The van der Waals surface area contributed by atoms with Gasteiger partial charge in [-0.1, -0.05) is 0 Å². The van der Waals surface area contributed by atoms with E-state index in [9.17, 15) is 4.79 Å². The molecule has 6 heteroatoms. The number of hydrogen-bond acceptors (Lipinski definition) is 5. The van der Waals surface area contributed by atoms with E-state index in [0.717, 1.165) is 46.7 Å². The van der Waals surface area contributed by atoms with Crippen LogP contribution in [-0.2, 0) is 0 Å². The summed E-state index contributed by atoms with van der Waals surface area (Å²) in [7, 11) is 0. The highest BCUT2D eigenvalue weighted by Crippen LogP contribution is 2.30. The predicted octanol–water partition coefficient (Wildman–Crippen LogP) is 4.57. The van der Waals surface area contributed by atoms with Crippen LogP contribution in [0.15, 0.2) is 40.5 Å². The third-order valence-electron chi connectivity index (χ3n) is 5.23. The van der Waals surface area contributed by atoms with Crippen molar-refractivity contribution in [2.24, 2.45) is 0 Å². The highest BCUT2D eigenvalue weighted by molar-refractivity contribution is 7.17. The Labute approximate surface area is 169 Å². The number of rotatable bonds is 7. The lowest BCUT2D eigenvalue weighted by molar-refractivity contribution is 0.263. The van der Waals surface area contributed by atoms with Crippen LogP contribution in [-0.4, -0.2) is 40.9 Å². The van der Waals surface area contributed by atoms with Crippen LogP contribution in [0.3, 0.4) is 0 Å². The van der Waals surface area contributed by atoms with Gasteiger partial charge in [-0.15, -0.1) is 11.3 Å². The maximum absolute atomic E-state index is 12.6. The Bertz CT molecular complexity index is 985. The summed E-state index contributed by atoms with van der Waals surface area (Å²) in [6, 6.07) is 9.98. The molecule has 1 fully saturated rings. The van der Waals surface area contributed by atoms with E-state index in [0.29, 0.717) is 0 Å². The van der Waals surface area contributed by atoms with E-state index in [1.807, 2.05) is 49.6 Å². The molecular weight excluding hydrogens is 370 g/mol. The van der Waals surface area contributed by atoms with E-state index in [4.69, 9.17) is 4.74 Å². The van der Waals surface area contributed by atoms with E-state index < -0.39 is 0 Å². The topological polar surface area (TPSA) is 47.4 Å². The van der Waals surface area contributed by atoms with Gasteiger partial charge in [-0.05, 0) is 81.9 Å². The molecule has 0 saturated carbocycles. The molecule has 0 bridgehead atoms. The molecule has 2 aromatic heterocycles. The second-order valence-corrected chi connectivity index (χ2v) is 8.55. The lowest BCUT2D eigenvalue weighted by Gasteiger charge is -2.14. The van der Waals surface area contributed by atoms with Gasteiger partial charge in [-0.25, -0.2) is 4.68 Å². The molecule has 148 valence electrons. The van der Waals surface area contributed by atoms with Crippen LogP contribution in [0.4, 0.5) is 0 Å². The summed E-state index contributed by atoms with van der Waals surface area (Å²) in [4.78, 5) is 15.1. The number of hydrogen-bond donors (Lipinski definition) is 0. The molecule has 5 nitrogen and oxygen atoms in total. The van der Waals surface area contributed by atoms with Crippen molar-refractivity contribution in [3.8, 4) is 17.0 Å². The average Bonchev–Trinajstić information content (AvgIpc) is 3.38. The van der Waals surface area contributed by atoms with Crippen molar-refractivity contribution in [3.63, 3.8) is 0 Å². The number of aromatic nitrogens is 2. The monoisotopic (exact) mass is 397 g/mol. The van der Waals surface area contributed by atoms with Gasteiger partial charge in [0.1, 0.15) is 11.4 Å². The molecule has 0 N–H and O–H groups in total. The number of ether oxygens (including phenoxy) is 1. The van der Waals surface area contributed by atoms with Crippen molar-refractivity contribution in [2.45, 2.75) is 39.2 Å². The van der Waals surface area contributed by atoms with Gasteiger partial charge >= 0.3 is 0 Å². The summed E-state index contributed by atoms with van der Waals surface area (Å²) >= 11 is 1.56. The molecule has 0 radical (unpaired) electrons. The van der Waals surface area contributed by atoms with E-state index in [-0.39, 0.29) is 11.6 Å². The molecule has 0 spiro atoms. The highest BCUT2D eigenvalue weighted by Gasteiger charge is 2.15. The minimum atomic E-state index is -0.0204.